The van der Waals surface area contributed by atoms with Gasteiger partial charge in [-0.1, -0.05) is 55.9 Å². The molecular weight excluding hydrogens is 372 g/mol. The summed E-state index contributed by atoms with van der Waals surface area (Å²) in [6, 6.07) is 15.9. The third-order valence-electron chi connectivity index (χ3n) is 4.27. The average molecular weight is 395 g/mol. The molecule has 0 fully saturated rings. The number of benzene rings is 2. The fourth-order valence-corrected chi connectivity index (χ4v) is 3.52. The first kappa shape index (κ1) is 18.6. The zero-order valence-corrected chi connectivity index (χ0v) is 16.7. The van der Waals surface area contributed by atoms with Crippen LogP contribution in [0.2, 0.25) is 0 Å². The number of nitrogens with one attached hydrogen (secondary N) is 1. The summed E-state index contributed by atoms with van der Waals surface area (Å²) < 4.78 is 12.3. The van der Waals surface area contributed by atoms with E-state index in [0.29, 0.717) is 23.3 Å². The van der Waals surface area contributed by atoms with Gasteiger partial charge in [-0.2, -0.15) is 4.98 Å². The number of fused-ring (bicyclic) bond motifs is 3. The third kappa shape index (κ3) is 3.75. The molecule has 0 amide bonds. The summed E-state index contributed by atoms with van der Waals surface area (Å²) in [5.74, 6) is 2.14. The molecule has 4 rings (SSSR count). The van der Waals surface area contributed by atoms with Crippen LogP contribution in [0.1, 0.15) is 32.1 Å². The van der Waals surface area contributed by atoms with Gasteiger partial charge in [-0.15, -0.1) is 10.2 Å². The number of hydrogen-bond donors (Lipinski definition) is 1. The topological polar surface area (TPSA) is 69.2 Å². The smallest absolute Gasteiger partial charge is 0.247 e. The average Bonchev–Trinajstić information content (AvgIpc) is 2.89. The van der Waals surface area contributed by atoms with Crippen molar-refractivity contribution in [2.75, 3.05) is 17.7 Å². The maximum absolute atomic E-state index is 6.32. The Morgan fingerprint density at radius 3 is 2.75 bits per heavy atom. The molecule has 0 radical (unpaired) electrons. The molecule has 3 aromatic rings. The normalized spacial score (nSPS) is 14.9. The second kappa shape index (κ2) is 8.48. The van der Waals surface area contributed by atoms with Gasteiger partial charge in [0.05, 0.1) is 12.2 Å². The summed E-state index contributed by atoms with van der Waals surface area (Å²) in [6.45, 7) is 4.80. The van der Waals surface area contributed by atoms with E-state index in [9.17, 15) is 0 Å². The van der Waals surface area contributed by atoms with Crippen molar-refractivity contribution < 1.29 is 9.47 Å². The van der Waals surface area contributed by atoms with Crippen LogP contribution in [0.3, 0.4) is 0 Å². The summed E-state index contributed by atoms with van der Waals surface area (Å²) in [4.78, 5) is 4.62. The van der Waals surface area contributed by atoms with Crippen molar-refractivity contribution in [3.05, 3.63) is 54.1 Å². The van der Waals surface area contributed by atoms with Gasteiger partial charge in [0, 0.05) is 11.3 Å². The number of anilines is 1. The fourth-order valence-electron chi connectivity index (χ4n) is 3.02. The Kier molecular flexibility index (Phi) is 5.62. The quantitative estimate of drug-likeness (QED) is 0.594. The van der Waals surface area contributed by atoms with E-state index >= 15 is 0 Å². The van der Waals surface area contributed by atoms with Gasteiger partial charge in [-0.3, -0.25) is 0 Å². The lowest BCUT2D eigenvalue weighted by Crippen LogP contribution is -2.18. The van der Waals surface area contributed by atoms with Crippen LogP contribution in [-0.4, -0.2) is 27.5 Å². The van der Waals surface area contributed by atoms with E-state index in [4.69, 9.17) is 9.47 Å². The highest BCUT2D eigenvalue weighted by Crippen LogP contribution is 2.40. The monoisotopic (exact) mass is 394 g/mol. The molecule has 1 aromatic heterocycles. The van der Waals surface area contributed by atoms with Crippen LogP contribution in [0.15, 0.2) is 53.7 Å². The van der Waals surface area contributed by atoms with Gasteiger partial charge >= 0.3 is 0 Å². The minimum absolute atomic E-state index is 0.452. The van der Waals surface area contributed by atoms with Crippen LogP contribution in [0.25, 0.3) is 11.3 Å². The Morgan fingerprint density at radius 1 is 1.07 bits per heavy atom. The first-order valence-electron chi connectivity index (χ1n) is 9.42. The van der Waals surface area contributed by atoms with Gasteiger partial charge in [0.2, 0.25) is 17.3 Å². The van der Waals surface area contributed by atoms with Gasteiger partial charge in [-0.25, -0.2) is 0 Å². The molecular formula is C21H22N4O2S. The first-order valence-corrected chi connectivity index (χ1v) is 10.4. The lowest BCUT2D eigenvalue weighted by Gasteiger charge is -2.21. The molecule has 144 valence electrons. The molecule has 6 nitrogen and oxygen atoms in total. The summed E-state index contributed by atoms with van der Waals surface area (Å²) in [6.07, 6.45) is 0.486. The standard InChI is InChI=1S/C21H22N4O2S/c1-3-13-26-17-12-8-6-10-15(17)19-22-16-11-7-5-9-14(16)18-20(27-19)23-21(25-24-18)28-4-2/h5-12,19,22H,3-4,13H2,1-2H3/t19-/m0/s1. The molecule has 1 atom stereocenters. The molecule has 2 heterocycles. The highest BCUT2D eigenvalue weighted by atomic mass is 32.2. The first-order chi connectivity index (χ1) is 13.8. The van der Waals surface area contributed by atoms with E-state index in [1.807, 2.05) is 48.5 Å². The van der Waals surface area contributed by atoms with Crippen LogP contribution < -0.4 is 14.8 Å². The van der Waals surface area contributed by atoms with Crippen molar-refractivity contribution in [3.63, 3.8) is 0 Å². The molecule has 1 N–H and O–H groups in total. The Labute approximate surface area is 168 Å². The van der Waals surface area contributed by atoms with E-state index < -0.39 is 6.23 Å². The molecule has 2 aromatic carbocycles. The number of para-hydroxylation sites is 2. The maximum atomic E-state index is 6.32. The SMILES string of the molecule is CCCOc1ccccc1[C@H]1Nc2ccccc2-c2nnc(SCC)nc2O1. The highest BCUT2D eigenvalue weighted by molar-refractivity contribution is 7.99. The highest BCUT2D eigenvalue weighted by Gasteiger charge is 2.27. The van der Waals surface area contributed by atoms with Crippen LogP contribution in [0, 0.1) is 0 Å². The Balaban J connectivity index is 1.79. The van der Waals surface area contributed by atoms with Crippen LogP contribution in [0.4, 0.5) is 5.69 Å². The number of aromatic nitrogens is 3. The third-order valence-corrected chi connectivity index (χ3v) is 4.99. The summed E-state index contributed by atoms with van der Waals surface area (Å²) >= 11 is 1.54. The molecule has 0 aliphatic carbocycles. The number of rotatable bonds is 6. The molecule has 0 bridgehead atoms. The molecule has 0 saturated carbocycles. The molecule has 1 aliphatic heterocycles. The zero-order chi connectivity index (χ0) is 19.3. The van der Waals surface area contributed by atoms with Gasteiger partial charge in [0.25, 0.3) is 0 Å². The fraction of sp³-hybridized carbons (Fsp3) is 0.286. The largest absolute Gasteiger partial charge is 0.493 e. The molecule has 28 heavy (non-hydrogen) atoms. The summed E-state index contributed by atoms with van der Waals surface area (Å²) in [5.41, 5.74) is 3.39. The predicted octanol–water partition coefficient (Wildman–Crippen LogP) is 4.94. The van der Waals surface area contributed by atoms with Crippen LogP contribution in [0.5, 0.6) is 11.6 Å². The van der Waals surface area contributed by atoms with Crippen LogP contribution >= 0.6 is 11.8 Å². The number of nitrogens with zero attached hydrogens (tertiary/aromatic N) is 3. The van der Waals surface area contributed by atoms with Crippen molar-refractivity contribution in [2.24, 2.45) is 0 Å². The Bertz CT molecular complexity index is 967. The molecule has 0 unspecified atom stereocenters. The van der Waals surface area contributed by atoms with Crippen LogP contribution in [-0.2, 0) is 0 Å². The van der Waals surface area contributed by atoms with Crippen molar-refractivity contribution in [1.82, 2.24) is 15.2 Å². The molecule has 0 spiro atoms. The van der Waals surface area contributed by atoms with E-state index in [-0.39, 0.29) is 0 Å². The molecule has 7 heteroatoms. The summed E-state index contributed by atoms with van der Waals surface area (Å²) in [5, 5.41) is 12.7. The minimum atomic E-state index is -0.452. The van der Waals surface area contributed by atoms with Crippen molar-refractivity contribution in [3.8, 4) is 22.9 Å². The lowest BCUT2D eigenvalue weighted by atomic mass is 10.1. The van der Waals surface area contributed by atoms with E-state index in [1.165, 1.54) is 11.8 Å². The summed E-state index contributed by atoms with van der Waals surface area (Å²) in [7, 11) is 0. The van der Waals surface area contributed by atoms with Gasteiger partial charge in [0.15, 0.2) is 5.69 Å². The van der Waals surface area contributed by atoms with Crippen molar-refractivity contribution in [1.29, 1.82) is 0 Å². The maximum Gasteiger partial charge on any atom is 0.247 e. The Morgan fingerprint density at radius 2 is 1.89 bits per heavy atom. The molecule has 1 aliphatic rings. The second-order valence-corrected chi connectivity index (χ2v) is 7.49. The van der Waals surface area contributed by atoms with Crippen molar-refractivity contribution in [2.45, 2.75) is 31.7 Å². The van der Waals surface area contributed by atoms with Crippen molar-refractivity contribution >= 4 is 17.4 Å². The Hall–Kier alpha value is -2.80. The minimum Gasteiger partial charge on any atom is -0.493 e. The van der Waals surface area contributed by atoms with Gasteiger partial charge < -0.3 is 14.8 Å². The molecule has 0 saturated heterocycles. The zero-order valence-electron chi connectivity index (χ0n) is 15.9. The second-order valence-electron chi connectivity index (χ2n) is 6.26. The van der Waals surface area contributed by atoms with Gasteiger partial charge in [-0.05, 0) is 30.4 Å². The van der Waals surface area contributed by atoms with Gasteiger partial charge in [0.1, 0.15) is 5.75 Å². The number of ether oxygens (including phenoxy) is 2. The van der Waals surface area contributed by atoms with E-state index in [1.54, 1.807) is 0 Å². The van der Waals surface area contributed by atoms with E-state index in [2.05, 4.69) is 34.3 Å². The number of thioether (sulfide) groups is 1. The van der Waals surface area contributed by atoms with E-state index in [0.717, 1.165) is 34.7 Å². The lowest BCUT2D eigenvalue weighted by molar-refractivity contribution is 0.215. The predicted molar refractivity (Wildman–Crippen MR) is 111 cm³/mol. The number of hydrogen-bond acceptors (Lipinski definition) is 7.